The second-order valence-electron chi connectivity index (χ2n) is 7.80. The number of likely N-dealkylation sites (tertiary alicyclic amines) is 1. The van der Waals surface area contributed by atoms with E-state index in [-0.39, 0.29) is 11.8 Å². The van der Waals surface area contributed by atoms with Crippen molar-refractivity contribution in [3.8, 4) is 11.3 Å². The average Bonchev–Trinajstić information content (AvgIpc) is 3.40. The van der Waals surface area contributed by atoms with E-state index in [0.717, 1.165) is 42.1 Å². The molecule has 2 amide bonds. The number of carbonyl (C=O) groups excluding carboxylic acids is 2. The van der Waals surface area contributed by atoms with Crippen LogP contribution in [-0.4, -0.2) is 39.2 Å². The van der Waals surface area contributed by atoms with Crippen molar-refractivity contribution in [1.82, 2.24) is 14.3 Å². The monoisotopic (exact) mass is 464 g/mol. The highest BCUT2D eigenvalue weighted by molar-refractivity contribution is 7.15. The van der Waals surface area contributed by atoms with Crippen LogP contribution in [0.1, 0.15) is 40.1 Å². The van der Waals surface area contributed by atoms with E-state index in [1.165, 1.54) is 17.8 Å². The van der Waals surface area contributed by atoms with Gasteiger partial charge in [-0.2, -0.15) is 0 Å². The van der Waals surface area contributed by atoms with Crippen LogP contribution in [0.25, 0.3) is 16.2 Å². The molecule has 32 heavy (non-hydrogen) atoms. The molecule has 1 N–H and O–H groups in total. The molecule has 0 saturated carbocycles. The Kier molecular flexibility index (Phi) is 5.68. The molecule has 5 rings (SSSR count). The number of fused-ring (bicyclic) bond motifs is 1. The van der Waals surface area contributed by atoms with Gasteiger partial charge in [-0.05, 0) is 49.6 Å². The molecule has 2 aromatic carbocycles. The Balaban J connectivity index is 1.39. The van der Waals surface area contributed by atoms with Crippen molar-refractivity contribution >= 4 is 45.4 Å². The first-order chi connectivity index (χ1) is 15.6. The molecule has 1 aliphatic rings. The lowest BCUT2D eigenvalue weighted by molar-refractivity contribution is 0.0717. The Morgan fingerprint density at radius 3 is 2.66 bits per heavy atom. The van der Waals surface area contributed by atoms with Crippen LogP contribution in [0.5, 0.6) is 0 Å². The number of aromatic nitrogens is 2. The van der Waals surface area contributed by atoms with Crippen molar-refractivity contribution in [2.24, 2.45) is 0 Å². The number of thiazole rings is 1. The van der Waals surface area contributed by atoms with Gasteiger partial charge in [0.2, 0.25) is 0 Å². The summed E-state index contributed by atoms with van der Waals surface area (Å²) in [5.74, 6) is -0.174. The predicted octanol–water partition coefficient (Wildman–Crippen LogP) is 5.59. The highest BCUT2D eigenvalue weighted by Gasteiger charge is 2.22. The highest BCUT2D eigenvalue weighted by Crippen LogP contribution is 2.27. The lowest BCUT2D eigenvalue weighted by atomic mass is 10.1. The summed E-state index contributed by atoms with van der Waals surface area (Å²) in [6, 6.07) is 14.3. The Morgan fingerprint density at radius 1 is 1.03 bits per heavy atom. The first kappa shape index (κ1) is 20.7. The van der Waals surface area contributed by atoms with Gasteiger partial charge in [0, 0.05) is 46.5 Å². The predicted molar refractivity (Wildman–Crippen MR) is 128 cm³/mol. The van der Waals surface area contributed by atoms with E-state index >= 15 is 0 Å². The lowest BCUT2D eigenvalue weighted by Gasteiger charge is -2.26. The number of imidazole rings is 1. The molecule has 3 heterocycles. The van der Waals surface area contributed by atoms with Crippen LogP contribution in [0.2, 0.25) is 5.02 Å². The lowest BCUT2D eigenvalue weighted by Crippen LogP contribution is -2.36. The van der Waals surface area contributed by atoms with Gasteiger partial charge in [-0.1, -0.05) is 29.8 Å². The molecule has 2 aromatic heterocycles. The first-order valence-corrected chi connectivity index (χ1v) is 11.8. The molecule has 4 aromatic rings. The number of nitrogens with one attached hydrogen (secondary N) is 1. The largest absolute Gasteiger partial charge is 0.337 e. The number of amides is 2. The number of hydrogen-bond acceptors (Lipinski definition) is 4. The zero-order chi connectivity index (χ0) is 22.1. The second-order valence-corrected chi connectivity index (χ2v) is 9.07. The summed E-state index contributed by atoms with van der Waals surface area (Å²) in [7, 11) is 0. The van der Waals surface area contributed by atoms with E-state index in [2.05, 4.69) is 5.32 Å². The van der Waals surface area contributed by atoms with E-state index in [4.69, 9.17) is 16.6 Å². The average molecular weight is 465 g/mol. The highest BCUT2D eigenvalue weighted by atomic mass is 35.5. The summed E-state index contributed by atoms with van der Waals surface area (Å²) in [4.78, 5) is 32.9. The van der Waals surface area contributed by atoms with Crippen molar-refractivity contribution in [3.63, 3.8) is 0 Å². The minimum atomic E-state index is -0.232. The van der Waals surface area contributed by atoms with E-state index < -0.39 is 0 Å². The van der Waals surface area contributed by atoms with Crippen LogP contribution >= 0.6 is 22.9 Å². The molecule has 0 unspecified atom stereocenters. The van der Waals surface area contributed by atoms with Crippen LogP contribution in [-0.2, 0) is 0 Å². The summed E-state index contributed by atoms with van der Waals surface area (Å²) >= 11 is 7.45. The topological polar surface area (TPSA) is 66.7 Å². The van der Waals surface area contributed by atoms with Crippen molar-refractivity contribution in [1.29, 1.82) is 0 Å². The fourth-order valence-corrected chi connectivity index (χ4v) is 4.96. The van der Waals surface area contributed by atoms with Crippen LogP contribution in [0.4, 0.5) is 5.69 Å². The van der Waals surface area contributed by atoms with E-state index in [0.29, 0.717) is 22.0 Å². The SMILES string of the molecule is O=C(Nc1cccc(-c2cn3c(C(=O)N4CCCCC4)csc3n2)c1)c1cccc(Cl)c1. The number of halogens is 1. The first-order valence-electron chi connectivity index (χ1n) is 10.5. The maximum atomic E-state index is 13.0. The number of piperidine rings is 1. The molecule has 0 atom stereocenters. The number of rotatable bonds is 4. The number of anilines is 1. The zero-order valence-electron chi connectivity index (χ0n) is 17.3. The Bertz CT molecular complexity index is 1310. The standard InChI is InChI=1S/C24H21ClN4O2S/c25-18-8-4-7-17(12-18)22(30)26-19-9-5-6-16(13-19)20-14-29-21(15-32-24(29)27-20)23(31)28-10-2-1-3-11-28/h4-9,12-15H,1-3,10-11H2,(H,26,30). The maximum Gasteiger partial charge on any atom is 0.271 e. The van der Waals surface area contributed by atoms with Gasteiger partial charge in [0.15, 0.2) is 4.96 Å². The third kappa shape index (κ3) is 4.13. The van der Waals surface area contributed by atoms with Gasteiger partial charge in [0.1, 0.15) is 5.69 Å². The fraction of sp³-hybridized carbons (Fsp3) is 0.208. The molecule has 1 fully saturated rings. The molecule has 6 nitrogen and oxygen atoms in total. The van der Waals surface area contributed by atoms with E-state index in [1.807, 2.05) is 45.1 Å². The van der Waals surface area contributed by atoms with Gasteiger partial charge >= 0.3 is 0 Å². The number of hydrogen-bond donors (Lipinski definition) is 1. The number of carbonyl (C=O) groups is 2. The third-order valence-electron chi connectivity index (χ3n) is 5.57. The number of nitrogens with zero attached hydrogens (tertiary/aromatic N) is 3. The summed E-state index contributed by atoms with van der Waals surface area (Å²) in [6.45, 7) is 1.62. The molecule has 0 spiro atoms. The molecule has 162 valence electrons. The molecular weight excluding hydrogens is 444 g/mol. The van der Waals surface area contributed by atoms with Crippen molar-refractivity contribution in [2.45, 2.75) is 19.3 Å². The van der Waals surface area contributed by atoms with Gasteiger partial charge in [0.05, 0.1) is 5.69 Å². The van der Waals surface area contributed by atoms with Crippen molar-refractivity contribution < 1.29 is 9.59 Å². The smallest absolute Gasteiger partial charge is 0.271 e. The van der Waals surface area contributed by atoms with Gasteiger partial charge in [-0.15, -0.1) is 11.3 Å². The molecule has 0 bridgehead atoms. The Labute approximate surface area is 194 Å². The van der Waals surface area contributed by atoms with Crippen LogP contribution in [0.3, 0.4) is 0 Å². The van der Waals surface area contributed by atoms with Crippen LogP contribution in [0.15, 0.2) is 60.1 Å². The van der Waals surface area contributed by atoms with Gasteiger partial charge in [-0.25, -0.2) is 4.98 Å². The van der Waals surface area contributed by atoms with Crippen molar-refractivity contribution in [3.05, 3.63) is 76.4 Å². The molecule has 0 radical (unpaired) electrons. The molecular formula is C24H21ClN4O2S. The second kappa shape index (κ2) is 8.76. The molecule has 8 heteroatoms. The third-order valence-corrected chi connectivity index (χ3v) is 6.65. The molecule has 1 saturated heterocycles. The normalized spacial score (nSPS) is 14.0. The number of benzene rings is 2. The Morgan fingerprint density at radius 2 is 1.84 bits per heavy atom. The molecule has 1 aliphatic heterocycles. The van der Waals surface area contributed by atoms with Gasteiger partial charge < -0.3 is 10.2 Å². The maximum absolute atomic E-state index is 13.0. The van der Waals surface area contributed by atoms with E-state index in [9.17, 15) is 9.59 Å². The molecule has 0 aliphatic carbocycles. The summed E-state index contributed by atoms with van der Waals surface area (Å²) in [5.41, 5.74) is 3.42. The van der Waals surface area contributed by atoms with Gasteiger partial charge in [-0.3, -0.25) is 14.0 Å². The minimum absolute atomic E-state index is 0.0578. The van der Waals surface area contributed by atoms with Crippen LogP contribution in [0, 0.1) is 0 Å². The van der Waals surface area contributed by atoms with Crippen molar-refractivity contribution in [2.75, 3.05) is 18.4 Å². The zero-order valence-corrected chi connectivity index (χ0v) is 18.8. The van der Waals surface area contributed by atoms with Gasteiger partial charge in [0.25, 0.3) is 11.8 Å². The minimum Gasteiger partial charge on any atom is -0.337 e. The Hall–Kier alpha value is -3.16. The quantitative estimate of drug-likeness (QED) is 0.427. The fourth-order valence-electron chi connectivity index (χ4n) is 3.93. The van der Waals surface area contributed by atoms with Crippen LogP contribution < -0.4 is 5.32 Å². The summed E-state index contributed by atoms with van der Waals surface area (Å²) in [5, 5.41) is 5.30. The summed E-state index contributed by atoms with van der Waals surface area (Å²) in [6.07, 6.45) is 5.19. The van der Waals surface area contributed by atoms with E-state index in [1.54, 1.807) is 24.3 Å². The summed E-state index contributed by atoms with van der Waals surface area (Å²) < 4.78 is 1.87.